The van der Waals surface area contributed by atoms with Crippen molar-refractivity contribution >= 4 is 24.1 Å². The first-order valence-corrected chi connectivity index (χ1v) is 17.3. The molecule has 25 nitrogen and oxygen atoms in total. The molecule has 15 N–H and O–H groups in total. The third-order valence-electron chi connectivity index (χ3n) is 9.49. The molecule has 0 aromatic carbocycles. The minimum Gasteiger partial charge on any atom is -0.477 e. The molecule has 20 atom stereocenters. The lowest BCUT2D eigenvalue weighted by molar-refractivity contribution is -0.379. The maximum absolute atomic E-state index is 12.8. The average Bonchev–Trinajstić information content (AvgIpc) is 3.15. The van der Waals surface area contributed by atoms with Crippen molar-refractivity contribution in [3.05, 3.63) is 0 Å². The second-order valence-corrected chi connectivity index (χ2v) is 13.7. The molecule has 0 aliphatic carbocycles. The van der Waals surface area contributed by atoms with Gasteiger partial charge in [-0.25, -0.2) is 4.79 Å². The highest BCUT2D eigenvalue weighted by Crippen LogP contribution is 2.38. The Morgan fingerprint density at radius 1 is 0.821 bits per heavy atom. The van der Waals surface area contributed by atoms with E-state index in [9.17, 15) is 85.6 Å². The molecule has 0 aromatic heterocycles. The standard InChI is InChI=1S/C31H52N2O23/c1-9-18(43)21(46)22(47)28(51-9)54-25(15(42)7-36)24(12(5-34)32-10(2)38)53-29-23(48)27(20(45)16(8-37)52-29)56-31(30(49)50)4-13(40)17(33-11(3)39)26(55-31)19(44)14(41)6-35/h5,9,12-29,35-37,40-48H,4,6-8H2,1-3H3,(H,32,38)(H,33,39)(H,49,50)/t9-,12-,13+,14-,15-,16+,17-,18-,19+,20+,21+,22+,23+,24-,25-,26-,27-,28+,29-,31+/m1/s1. The Labute approximate surface area is 317 Å². The summed E-state index contributed by atoms with van der Waals surface area (Å²) in [5.74, 6) is -6.92. The molecule has 3 heterocycles. The maximum atomic E-state index is 12.8. The smallest absolute Gasteiger partial charge is 0.364 e. The Morgan fingerprint density at radius 2 is 1.41 bits per heavy atom. The average molecular weight is 821 g/mol. The molecule has 3 aliphatic rings. The van der Waals surface area contributed by atoms with Crippen molar-refractivity contribution in [3.63, 3.8) is 0 Å². The summed E-state index contributed by atoms with van der Waals surface area (Å²) in [7, 11) is 0. The number of carboxylic acid groups (broad SMARTS) is 1. The number of ether oxygens (including phenoxy) is 6. The van der Waals surface area contributed by atoms with Crippen molar-refractivity contribution in [2.75, 3.05) is 19.8 Å². The maximum Gasteiger partial charge on any atom is 0.364 e. The minimum atomic E-state index is -3.17. The van der Waals surface area contributed by atoms with Gasteiger partial charge in [-0.1, -0.05) is 0 Å². The molecule has 3 fully saturated rings. The van der Waals surface area contributed by atoms with Crippen LogP contribution in [0.25, 0.3) is 0 Å². The Bertz CT molecular complexity index is 1320. The van der Waals surface area contributed by atoms with Gasteiger partial charge in [-0.2, -0.15) is 0 Å². The van der Waals surface area contributed by atoms with E-state index in [-0.39, 0.29) is 6.29 Å². The zero-order chi connectivity index (χ0) is 42.4. The molecule has 0 spiro atoms. The summed E-state index contributed by atoms with van der Waals surface area (Å²) in [6.07, 6.45) is -35.3. The summed E-state index contributed by atoms with van der Waals surface area (Å²) in [5.41, 5.74) is 0. The van der Waals surface area contributed by atoms with E-state index in [1.54, 1.807) is 0 Å². The summed E-state index contributed by atoms with van der Waals surface area (Å²) in [6, 6.07) is -3.52. The second kappa shape index (κ2) is 20.4. The van der Waals surface area contributed by atoms with Gasteiger partial charge in [-0.05, 0) is 6.92 Å². The van der Waals surface area contributed by atoms with Gasteiger partial charge < -0.3 is 110 Å². The molecule has 0 saturated carbocycles. The minimum absolute atomic E-state index is 0.0574. The third-order valence-corrected chi connectivity index (χ3v) is 9.49. The van der Waals surface area contributed by atoms with E-state index in [2.05, 4.69) is 10.6 Å². The van der Waals surface area contributed by atoms with Gasteiger partial charge in [0.1, 0.15) is 91.7 Å². The van der Waals surface area contributed by atoms with Gasteiger partial charge in [0.2, 0.25) is 11.8 Å². The monoisotopic (exact) mass is 820 g/mol. The van der Waals surface area contributed by atoms with E-state index < -0.39 is 166 Å². The summed E-state index contributed by atoms with van der Waals surface area (Å²) in [6.45, 7) is -0.160. The van der Waals surface area contributed by atoms with Crippen LogP contribution in [0.4, 0.5) is 0 Å². The van der Waals surface area contributed by atoms with Crippen molar-refractivity contribution in [3.8, 4) is 0 Å². The lowest BCUT2D eigenvalue weighted by Gasteiger charge is -2.50. The number of rotatable bonds is 18. The Kier molecular flexibility index (Phi) is 17.4. The van der Waals surface area contributed by atoms with Crippen LogP contribution in [0, 0.1) is 0 Å². The van der Waals surface area contributed by atoms with Crippen molar-refractivity contribution in [1.82, 2.24) is 10.6 Å². The van der Waals surface area contributed by atoms with Crippen LogP contribution in [-0.2, 0) is 47.6 Å². The Balaban J connectivity index is 2.07. The second-order valence-electron chi connectivity index (χ2n) is 13.7. The first-order valence-electron chi connectivity index (χ1n) is 17.3. The number of carboxylic acids is 1. The number of amides is 2. The number of hydrogen-bond donors (Lipinski definition) is 15. The number of aliphatic hydroxyl groups is 12. The van der Waals surface area contributed by atoms with Gasteiger partial charge in [0.05, 0.1) is 38.1 Å². The summed E-state index contributed by atoms with van der Waals surface area (Å²) >= 11 is 0. The van der Waals surface area contributed by atoms with Gasteiger partial charge in [0.15, 0.2) is 12.6 Å². The zero-order valence-corrected chi connectivity index (χ0v) is 30.3. The van der Waals surface area contributed by atoms with Crippen LogP contribution >= 0.6 is 0 Å². The predicted octanol–water partition coefficient (Wildman–Crippen LogP) is -9.39. The number of hydrogen-bond acceptors (Lipinski definition) is 22. The number of carbonyl (C=O) groups excluding carboxylic acids is 3. The highest BCUT2D eigenvalue weighted by molar-refractivity contribution is 5.78. The quantitative estimate of drug-likeness (QED) is 0.0571. The van der Waals surface area contributed by atoms with Crippen LogP contribution in [0.1, 0.15) is 27.2 Å². The first kappa shape index (κ1) is 47.7. The molecule has 25 heteroatoms. The molecule has 3 rings (SSSR count). The molecule has 0 bridgehead atoms. The molecule has 0 aromatic rings. The fraction of sp³-hybridized carbons (Fsp3) is 0.871. The SMILES string of the molecule is CC(=O)N[C@H]1[C@H]([C@@H](O)[C@H](O)CO)O[C@@](O[C@H]2[C@H](O)[C@@H](O[C@@H]([C@H](O[C@@H]3O[C@H](C)[C@@H](O)[C@H](O)[C@@H]3O)[C@H](O)CO)[C@@H](C=O)NC(C)=O)O[C@@H](CO)[C@@H]2O)(C(=O)O)C[C@@H]1O. The number of carbonyl (C=O) groups is 4. The van der Waals surface area contributed by atoms with Crippen LogP contribution in [0.3, 0.4) is 0 Å². The van der Waals surface area contributed by atoms with Gasteiger partial charge >= 0.3 is 5.97 Å². The lowest BCUT2D eigenvalue weighted by Crippen LogP contribution is -2.70. The fourth-order valence-electron chi connectivity index (χ4n) is 6.49. The molecule has 0 radical (unpaired) electrons. The predicted molar refractivity (Wildman–Crippen MR) is 174 cm³/mol. The number of aliphatic hydroxyl groups excluding tert-OH is 12. The van der Waals surface area contributed by atoms with Crippen LogP contribution in [0.2, 0.25) is 0 Å². The highest BCUT2D eigenvalue weighted by atomic mass is 16.8. The van der Waals surface area contributed by atoms with Crippen molar-refractivity contribution in [2.45, 2.75) is 149 Å². The largest absolute Gasteiger partial charge is 0.477 e. The highest BCUT2D eigenvalue weighted by Gasteiger charge is 2.60. The fourth-order valence-corrected chi connectivity index (χ4v) is 6.49. The zero-order valence-electron chi connectivity index (χ0n) is 30.3. The van der Waals surface area contributed by atoms with Crippen molar-refractivity contribution in [1.29, 1.82) is 0 Å². The Morgan fingerprint density at radius 3 is 1.93 bits per heavy atom. The van der Waals surface area contributed by atoms with Gasteiger partial charge in [0.25, 0.3) is 5.79 Å². The first-order chi connectivity index (χ1) is 26.2. The van der Waals surface area contributed by atoms with Crippen molar-refractivity contribution < 1.29 is 114 Å². The molecule has 324 valence electrons. The van der Waals surface area contributed by atoms with E-state index in [1.165, 1.54) is 6.92 Å². The molecular weight excluding hydrogens is 768 g/mol. The normalized spacial score (nSPS) is 39.7. The molecular formula is C31H52N2O23. The third kappa shape index (κ3) is 10.7. The van der Waals surface area contributed by atoms with E-state index in [0.717, 1.165) is 13.8 Å². The lowest BCUT2D eigenvalue weighted by atomic mass is 9.88. The summed E-state index contributed by atoms with van der Waals surface area (Å²) in [5, 5.41) is 141. The van der Waals surface area contributed by atoms with Gasteiger partial charge in [0, 0.05) is 20.3 Å². The van der Waals surface area contributed by atoms with Crippen molar-refractivity contribution in [2.24, 2.45) is 0 Å². The van der Waals surface area contributed by atoms with Crippen LogP contribution in [-0.4, -0.2) is 232 Å². The van der Waals surface area contributed by atoms with Crippen LogP contribution < -0.4 is 10.6 Å². The van der Waals surface area contributed by atoms with E-state index in [4.69, 9.17) is 28.4 Å². The van der Waals surface area contributed by atoms with Gasteiger partial charge in [-0.15, -0.1) is 0 Å². The summed E-state index contributed by atoms with van der Waals surface area (Å²) < 4.78 is 33.6. The van der Waals surface area contributed by atoms with E-state index in [1.807, 2.05) is 0 Å². The number of nitrogens with one attached hydrogen (secondary N) is 2. The molecule has 2 amide bonds. The van der Waals surface area contributed by atoms with Crippen LogP contribution in [0.15, 0.2) is 0 Å². The molecule has 3 saturated heterocycles. The Hall–Kier alpha value is -2.64. The molecule has 0 unspecified atom stereocenters. The van der Waals surface area contributed by atoms with E-state index in [0.29, 0.717) is 0 Å². The molecule has 56 heavy (non-hydrogen) atoms. The number of aliphatic carboxylic acids is 1. The molecule has 3 aliphatic heterocycles. The number of aldehydes is 1. The van der Waals surface area contributed by atoms with Crippen LogP contribution in [0.5, 0.6) is 0 Å². The van der Waals surface area contributed by atoms with Gasteiger partial charge in [-0.3, -0.25) is 9.59 Å². The topological polar surface area (TPSA) is 411 Å². The van der Waals surface area contributed by atoms with E-state index >= 15 is 0 Å². The summed E-state index contributed by atoms with van der Waals surface area (Å²) in [4.78, 5) is 49.2.